The van der Waals surface area contributed by atoms with Crippen LogP contribution in [0.4, 0.5) is 5.69 Å². The molecular weight excluding hydrogens is 447 g/mol. The Bertz CT molecular complexity index is 1250. The molecule has 2 aromatic heterocycles. The molecule has 9 nitrogen and oxygen atoms in total. The van der Waals surface area contributed by atoms with Crippen molar-refractivity contribution in [3.05, 3.63) is 66.5 Å². The van der Waals surface area contributed by atoms with Gasteiger partial charge in [0.15, 0.2) is 0 Å². The SMILES string of the molecule is O=C(O)Cn1c(=O)c2ccc(Cl)cc2n(CC(=O)Nc2cc(Cl)nc(Cl)c2)c1=O. The average Bonchev–Trinajstić information content (AvgIpc) is 2.61. The fraction of sp³-hybridized carbons (Fsp3) is 0.118. The van der Waals surface area contributed by atoms with Crippen LogP contribution in [0.25, 0.3) is 10.9 Å². The second-order valence-corrected chi connectivity index (χ2v) is 7.08. The van der Waals surface area contributed by atoms with Crippen LogP contribution in [0.3, 0.4) is 0 Å². The van der Waals surface area contributed by atoms with Crippen molar-refractivity contribution in [1.29, 1.82) is 0 Å². The molecule has 29 heavy (non-hydrogen) atoms. The van der Waals surface area contributed by atoms with Gasteiger partial charge in [0.2, 0.25) is 5.91 Å². The Labute approximate surface area is 177 Å². The van der Waals surface area contributed by atoms with Gasteiger partial charge in [0.05, 0.1) is 10.9 Å². The molecule has 0 bridgehead atoms. The normalized spacial score (nSPS) is 10.9. The van der Waals surface area contributed by atoms with E-state index in [1.165, 1.54) is 30.3 Å². The molecule has 0 radical (unpaired) electrons. The molecule has 0 saturated carbocycles. The highest BCUT2D eigenvalue weighted by atomic mass is 35.5. The quantitative estimate of drug-likeness (QED) is 0.566. The number of carbonyl (C=O) groups is 2. The minimum Gasteiger partial charge on any atom is -0.480 e. The third kappa shape index (κ3) is 4.58. The van der Waals surface area contributed by atoms with Gasteiger partial charge >= 0.3 is 11.7 Å². The molecule has 2 heterocycles. The first kappa shape index (κ1) is 20.8. The van der Waals surface area contributed by atoms with E-state index < -0.39 is 36.2 Å². The zero-order valence-corrected chi connectivity index (χ0v) is 16.6. The number of aliphatic carboxylic acids is 1. The van der Waals surface area contributed by atoms with Crippen LogP contribution >= 0.6 is 34.8 Å². The van der Waals surface area contributed by atoms with Crippen LogP contribution in [0.1, 0.15) is 0 Å². The van der Waals surface area contributed by atoms with E-state index in [-0.39, 0.29) is 31.9 Å². The molecule has 0 atom stereocenters. The van der Waals surface area contributed by atoms with Crippen molar-refractivity contribution in [2.24, 2.45) is 0 Å². The Kier molecular flexibility index (Phi) is 5.92. The van der Waals surface area contributed by atoms with Gasteiger partial charge in [0.25, 0.3) is 5.56 Å². The lowest BCUT2D eigenvalue weighted by Crippen LogP contribution is -2.43. The molecule has 0 aliphatic heterocycles. The summed E-state index contributed by atoms with van der Waals surface area (Å²) in [5, 5.41) is 11.9. The molecule has 2 N–H and O–H groups in total. The lowest BCUT2D eigenvalue weighted by atomic mass is 10.2. The smallest absolute Gasteiger partial charge is 0.332 e. The number of hydrogen-bond acceptors (Lipinski definition) is 5. The van der Waals surface area contributed by atoms with E-state index in [1.807, 2.05) is 0 Å². The number of rotatable bonds is 5. The minimum absolute atomic E-state index is 0.0399. The van der Waals surface area contributed by atoms with Gasteiger partial charge in [0, 0.05) is 10.7 Å². The summed E-state index contributed by atoms with van der Waals surface area (Å²) in [5.41, 5.74) is -1.43. The molecule has 3 aromatic rings. The largest absolute Gasteiger partial charge is 0.480 e. The number of nitrogens with one attached hydrogen (secondary N) is 1. The van der Waals surface area contributed by atoms with E-state index in [0.717, 1.165) is 4.57 Å². The lowest BCUT2D eigenvalue weighted by molar-refractivity contribution is -0.137. The van der Waals surface area contributed by atoms with E-state index in [1.54, 1.807) is 0 Å². The Balaban J connectivity index is 2.08. The number of carboxylic acids is 1. The summed E-state index contributed by atoms with van der Waals surface area (Å²) >= 11 is 17.5. The number of benzene rings is 1. The van der Waals surface area contributed by atoms with Crippen LogP contribution in [-0.2, 0) is 22.7 Å². The summed E-state index contributed by atoms with van der Waals surface area (Å²) in [7, 11) is 0. The topological polar surface area (TPSA) is 123 Å². The minimum atomic E-state index is -1.38. The summed E-state index contributed by atoms with van der Waals surface area (Å²) in [6.45, 7) is -1.37. The van der Waals surface area contributed by atoms with Crippen molar-refractivity contribution in [2.45, 2.75) is 13.1 Å². The Hall–Kier alpha value is -2.88. The second kappa shape index (κ2) is 8.24. The van der Waals surface area contributed by atoms with Crippen LogP contribution in [0, 0.1) is 0 Å². The van der Waals surface area contributed by atoms with Gasteiger partial charge in [0.1, 0.15) is 23.4 Å². The maximum absolute atomic E-state index is 12.7. The highest BCUT2D eigenvalue weighted by Crippen LogP contribution is 2.19. The van der Waals surface area contributed by atoms with E-state index >= 15 is 0 Å². The highest BCUT2D eigenvalue weighted by Gasteiger charge is 2.17. The molecule has 0 unspecified atom stereocenters. The summed E-state index contributed by atoms with van der Waals surface area (Å²) in [6, 6.07) is 6.84. The average molecular weight is 458 g/mol. The maximum Gasteiger partial charge on any atom is 0.332 e. The predicted molar refractivity (Wildman–Crippen MR) is 108 cm³/mol. The number of anilines is 1. The van der Waals surface area contributed by atoms with Gasteiger partial charge in [-0.3, -0.25) is 19.0 Å². The van der Waals surface area contributed by atoms with Gasteiger partial charge in [-0.2, -0.15) is 0 Å². The lowest BCUT2D eigenvalue weighted by Gasteiger charge is -2.13. The molecule has 1 aromatic carbocycles. The van der Waals surface area contributed by atoms with Crippen molar-refractivity contribution in [3.8, 4) is 0 Å². The monoisotopic (exact) mass is 456 g/mol. The summed E-state index contributed by atoms with van der Waals surface area (Å²) < 4.78 is 1.50. The molecule has 12 heteroatoms. The Morgan fingerprint density at radius 1 is 1.00 bits per heavy atom. The number of carbonyl (C=O) groups excluding carboxylic acids is 1. The van der Waals surface area contributed by atoms with Gasteiger partial charge in [-0.05, 0) is 30.3 Å². The van der Waals surface area contributed by atoms with Gasteiger partial charge in [-0.15, -0.1) is 0 Å². The number of hydrogen-bond donors (Lipinski definition) is 2. The second-order valence-electron chi connectivity index (χ2n) is 5.86. The zero-order chi connectivity index (χ0) is 21.3. The third-order valence-electron chi connectivity index (χ3n) is 3.83. The van der Waals surface area contributed by atoms with E-state index in [9.17, 15) is 19.2 Å². The Morgan fingerprint density at radius 2 is 1.66 bits per heavy atom. The van der Waals surface area contributed by atoms with Crippen molar-refractivity contribution in [3.63, 3.8) is 0 Å². The number of fused-ring (bicyclic) bond motifs is 1. The van der Waals surface area contributed by atoms with Crippen molar-refractivity contribution >= 4 is 63.3 Å². The zero-order valence-electron chi connectivity index (χ0n) is 14.4. The predicted octanol–water partition coefficient (Wildman–Crippen LogP) is 2.24. The number of amides is 1. The van der Waals surface area contributed by atoms with Crippen molar-refractivity contribution < 1.29 is 14.7 Å². The molecule has 3 rings (SSSR count). The first-order valence-corrected chi connectivity index (χ1v) is 9.06. The number of nitrogens with zero attached hydrogens (tertiary/aromatic N) is 3. The first-order valence-electron chi connectivity index (χ1n) is 7.93. The van der Waals surface area contributed by atoms with E-state index in [4.69, 9.17) is 39.9 Å². The van der Waals surface area contributed by atoms with Crippen molar-refractivity contribution in [2.75, 3.05) is 5.32 Å². The third-order valence-corrected chi connectivity index (χ3v) is 4.45. The Morgan fingerprint density at radius 3 is 2.28 bits per heavy atom. The first-order chi connectivity index (χ1) is 13.7. The van der Waals surface area contributed by atoms with Gasteiger partial charge < -0.3 is 10.4 Å². The van der Waals surface area contributed by atoms with E-state index in [0.29, 0.717) is 4.57 Å². The summed E-state index contributed by atoms with van der Waals surface area (Å²) in [5.74, 6) is -2.03. The fourth-order valence-electron chi connectivity index (χ4n) is 2.70. The molecule has 0 fully saturated rings. The number of pyridine rings is 1. The van der Waals surface area contributed by atoms with Crippen molar-refractivity contribution in [1.82, 2.24) is 14.1 Å². The molecule has 0 spiro atoms. The number of aromatic nitrogens is 3. The van der Waals surface area contributed by atoms with Gasteiger partial charge in [-0.1, -0.05) is 34.8 Å². The molecule has 0 aliphatic carbocycles. The number of halogens is 3. The molecular formula is C17H11Cl3N4O5. The van der Waals surface area contributed by atoms with Crippen LogP contribution in [0.5, 0.6) is 0 Å². The van der Waals surface area contributed by atoms with Crippen LogP contribution < -0.4 is 16.6 Å². The fourth-order valence-corrected chi connectivity index (χ4v) is 3.33. The number of carboxylic acid groups (broad SMARTS) is 1. The van der Waals surface area contributed by atoms with Crippen LogP contribution in [-0.4, -0.2) is 31.1 Å². The summed E-state index contributed by atoms with van der Waals surface area (Å²) in [6.07, 6.45) is 0. The molecule has 0 saturated heterocycles. The standard InChI is InChI=1S/C17H11Cl3N4O5/c18-8-1-2-10-11(3-8)23(17(29)24(16(10)28)7-15(26)27)6-14(25)21-9-4-12(19)22-13(20)5-9/h1-5H,6-7H2,(H,26,27)(H,21,22,25). The molecule has 150 valence electrons. The maximum atomic E-state index is 12.7. The van der Waals surface area contributed by atoms with Crippen LogP contribution in [0.15, 0.2) is 39.9 Å². The van der Waals surface area contributed by atoms with Crippen LogP contribution in [0.2, 0.25) is 15.3 Å². The van der Waals surface area contributed by atoms with E-state index in [2.05, 4.69) is 10.3 Å². The van der Waals surface area contributed by atoms with Gasteiger partial charge in [-0.25, -0.2) is 14.3 Å². The highest BCUT2D eigenvalue weighted by molar-refractivity contribution is 6.33. The molecule has 1 amide bonds. The molecule has 0 aliphatic rings. The summed E-state index contributed by atoms with van der Waals surface area (Å²) in [4.78, 5) is 52.5.